The van der Waals surface area contributed by atoms with Gasteiger partial charge >= 0.3 is 5.97 Å². The Balaban J connectivity index is 2.33. The van der Waals surface area contributed by atoms with Gasteiger partial charge in [-0.1, -0.05) is 0 Å². The van der Waals surface area contributed by atoms with E-state index in [4.69, 9.17) is 17.2 Å². The number of hydrogen-bond donors (Lipinski definition) is 15. The highest BCUT2D eigenvalue weighted by molar-refractivity contribution is 6.02. The lowest BCUT2D eigenvalue weighted by Crippen LogP contribution is -2.71. The van der Waals surface area contributed by atoms with Crippen molar-refractivity contribution in [3.63, 3.8) is 0 Å². The first-order chi connectivity index (χ1) is 33.4. The van der Waals surface area contributed by atoms with Crippen LogP contribution in [0.1, 0.15) is 147 Å². The van der Waals surface area contributed by atoms with E-state index in [1.807, 2.05) is 0 Å². The molecule has 2 atom stereocenters. The fraction of sp³-hybridized carbons (Fsp3) is 0.792. The van der Waals surface area contributed by atoms with E-state index in [2.05, 4.69) is 58.5 Å². The molecule has 25 heteroatoms. The molecule has 18 N–H and O–H groups in total. The Morgan fingerprint density at radius 2 is 0.767 bits per heavy atom. The van der Waals surface area contributed by atoms with Crippen LogP contribution < -0.4 is 75.7 Å². The first-order valence-electron chi connectivity index (χ1n) is 25.2. The number of amides is 9. The number of nitrogens with one attached hydrogen (secondary N) is 11. The minimum absolute atomic E-state index is 0.0929. The molecule has 2 rings (SSSR count). The lowest BCUT2D eigenvalue weighted by atomic mass is 9.85. The highest BCUT2D eigenvalue weighted by Gasteiger charge is 2.49. The highest BCUT2D eigenvalue weighted by atomic mass is 16.4. The molecule has 2 heterocycles. The van der Waals surface area contributed by atoms with Crippen LogP contribution in [0.25, 0.3) is 0 Å². The average molecular weight is 1040 g/mol. The Kier molecular flexibility index (Phi) is 22.3. The minimum atomic E-state index is -1.71. The SMILES string of the molecule is CC(C)(N)C(=O)NC(C)(C)C(=O)N[C@@H](CCCCN)C(=O)NC1(C(=O)NC(C)(C)C(=O)NC(C)(C)C(=O)N[C@@H](CCCCN)C(=O)NC2(C(=O)NC(C)(C)C(=O)NC(C)(C)C(=O)O)CCNCC2)CCNCC1. The zero-order valence-electron chi connectivity index (χ0n) is 45.2. The van der Waals surface area contributed by atoms with E-state index < -0.39 is 116 Å². The van der Waals surface area contributed by atoms with Crippen molar-refractivity contribution in [1.29, 1.82) is 0 Å². The van der Waals surface area contributed by atoms with Crippen molar-refractivity contribution in [2.45, 2.75) is 204 Å². The van der Waals surface area contributed by atoms with Crippen molar-refractivity contribution in [3.8, 4) is 0 Å². The zero-order chi connectivity index (χ0) is 56.0. The van der Waals surface area contributed by atoms with Gasteiger partial charge in [-0.05, 0) is 187 Å². The summed E-state index contributed by atoms with van der Waals surface area (Å²) >= 11 is 0. The van der Waals surface area contributed by atoms with Crippen LogP contribution in [-0.2, 0) is 47.9 Å². The predicted octanol–water partition coefficient (Wildman–Crippen LogP) is -3.01. The second-order valence-electron chi connectivity index (χ2n) is 22.7. The molecule has 2 aliphatic rings. The van der Waals surface area contributed by atoms with Crippen molar-refractivity contribution in [2.75, 3.05) is 39.3 Å². The molecule has 0 radical (unpaired) electrons. The van der Waals surface area contributed by atoms with E-state index in [0.717, 1.165) is 0 Å². The molecule has 0 aromatic rings. The second kappa shape index (κ2) is 25.6. The smallest absolute Gasteiger partial charge is 0.328 e. The van der Waals surface area contributed by atoms with Crippen LogP contribution >= 0.6 is 0 Å². The summed E-state index contributed by atoms with van der Waals surface area (Å²) in [6.45, 7) is 18.8. The van der Waals surface area contributed by atoms with Crippen molar-refractivity contribution in [2.24, 2.45) is 17.2 Å². The molecule has 73 heavy (non-hydrogen) atoms. The largest absolute Gasteiger partial charge is 0.480 e. The Labute approximate surface area is 429 Å². The summed E-state index contributed by atoms with van der Waals surface area (Å²) in [6.07, 6.45) is 2.55. The molecule has 0 unspecified atom stereocenters. The summed E-state index contributed by atoms with van der Waals surface area (Å²) in [5.41, 5.74) is 4.87. The van der Waals surface area contributed by atoms with E-state index in [0.29, 0.717) is 65.0 Å². The molecule has 0 bridgehead atoms. The molecule has 2 aliphatic heterocycles. The van der Waals surface area contributed by atoms with Gasteiger partial charge in [-0.15, -0.1) is 0 Å². The van der Waals surface area contributed by atoms with Gasteiger partial charge in [-0.3, -0.25) is 43.2 Å². The van der Waals surface area contributed by atoms with Gasteiger partial charge in [-0.2, -0.15) is 0 Å². The van der Waals surface area contributed by atoms with Gasteiger partial charge in [0, 0.05) is 0 Å². The molecule has 0 spiro atoms. The van der Waals surface area contributed by atoms with E-state index in [1.165, 1.54) is 83.1 Å². The predicted molar refractivity (Wildman–Crippen MR) is 273 cm³/mol. The second-order valence-corrected chi connectivity index (χ2v) is 22.7. The highest BCUT2D eigenvalue weighted by Crippen LogP contribution is 2.24. The molecule has 9 amide bonds. The number of carbonyl (C=O) groups excluding carboxylic acids is 9. The Bertz CT molecular complexity index is 2020. The third-order valence-electron chi connectivity index (χ3n) is 13.2. The normalized spacial score (nSPS) is 17.0. The van der Waals surface area contributed by atoms with Crippen LogP contribution in [0, 0.1) is 0 Å². The number of unbranched alkanes of at least 4 members (excludes halogenated alkanes) is 2. The molecule has 25 nitrogen and oxygen atoms in total. The fourth-order valence-electron chi connectivity index (χ4n) is 7.78. The summed E-state index contributed by atoms with van der Waals surface area (Å²) in [7, 11) is 0. The van der Waals surface area contributed by atoms with Gasteiger partial charge in [0.15, 0.2) is 0 Å². The molecular weight excluding hydrogens is 949 g/mol. The zero-order valence-corrected chi connectivity index (χ0v) is 45.2. The lowest BCUT2D eigenvalue weighted by Gasteiger charge is -2.41. The maximum Gasteiger partial charge on any atom is 0.328 e. The van der Waals surface area contributed by atoms with Gasteiger partial charge < -0.3 is 80.8 Å². The number of rotatable bonds is 27. The number of carboxylic acid groups (broad SMARTS) is 1. The average Bonchev–Trinajstić information content (AvgIpc) is 3.27. The Morgan fingerprint density at radius 1 is 0.466 bits per heavy atom. The third kappa shape index (κ3) is 18.1. The van der Waals surface area contributed by atoms with Gasteiger partial charge in [-0.25, -0.2) is 4.79 Å². The van der Waals surface area contributed by atoms with Crippen molar-refractivity contribution in [3.05, 3.63) is 0 Å². The summed E-state index contributed by atoms with van der Waals surface area (Å²) in [5, 5.41) is 40.2. The number of hydrogen-bond acceptors (Lipinski definition) is 15. The van der Waals surface area contributed by atoms with Crippen LogP contribution in [0.3, 0.4) is 0 Å². The lowest BCUT2D eigenvalue weighted by molar-refractivity contribution is -0.147. The molecule has 2 saturated heterocycles. The minimum Gasteiger partial charge on any atom is -0.480 e. The van der Waals surface area contributed by atoms with E-state index >= 15 is 0 Å². The van der Waals surface area contributed by atoms with Crippen LogP contribution in [0.4, 0.5) is 0 Å². The summed E-state index contributed by atoms with van der Waals surface area (Å²) < 4.78 is 0. The summed E-state index contributed by atoms with van der Waals surface area (Å²) in [4.78, 5) is 136. The monoisotopic (exact) mass is 1040 g/mol. The number of carbonyl (C=O) groups is 10. The molecule has 0 aromatic heterocycles. The fourth-order valence-corrected chi connectivity index (χ4v) is 7.78. The van der Waals surface area contributed by atoms with Gasteiger partial charge in [0.05, 0.1) is 5.54 Å². The quantitative estimate of drug-likeness (QED) is 0.0364. The first-order valence-corrected chi connectivity index (χ1v) is 25.2. The maximum atomic E-state index is 14.4. The summed E-state index contributed by atoms with van der Waals surface area (Å²) in [6, 6.07) is -2.38. The van der Waals surface area contributed by atoms with Crippen molar-refractivity contribution < 1.29 is 53.1 Å². The first kappa shape index (κ1) is 63.6. The van der Waals surface area contributed by atoms with Crippen LogP contribution in [0.5, 0.6) is 0 Å². The molecule has 0 saturated carbocycles. The molecule has 0 aliphatic carbocycles. The Morgan fingerprint density at radius 3 is 1.07 bits per heavy atom. The van der Waals surface area contributed by atoms with E-state index in [1.54, 1.807) is 0 Å². The van der Waals surface area contributed by atoms with Crippen LogP contribution in [0.15, 0.2) is 0 Å². The molecular formula is C48H88N14O11. The van der Waals surface area contributed by atoms with Gasteiger partial charge in [0.1, 0.15) is 50.9 Å². The number of carboxylic acids is 1. The topological polar surface area (TPSA) is 401 Å². The molecule has 2 fully saturated rings. The van der Waals surface area contributed by atoms with E-state index in [-0.39, 0.29) is 38.5 Å². The molecule has 416 valence electrons. The van der Waals surface area contributed by atoms with Crippen LogP contribution in [0.2, 0.25) is 0 Å². The van der Waals surface area contributed by atoms with Gasteiger partial charge in [0.25, 0.3) is 0 Å². The number of nitrogens with two attached hydrogens (primary N) is 3. The Hall–Kier alpha value is -5.50. The standard InChI is InChI=1S/C48H88N14O11/c1-41(2,51)33(65)58-42(3,4)34(66)54-29(17-13-15-23-49)31(63)56-47(19-25-52-26-20-47)38(70)61-44(7,8)36(68)59-43(5,6)35(67)55-30(18-14-16-24-50)32(64)57-48(21-27-53-28-22-48)39(71)62-45(9,10)37(69)60-46(11,12)40(72)73/h29-30,52-53H,13-28,49-51H2,1-12H3,(H,54,66)(H,55,67)(H,56,63)(H,57,64)(H,58,65)(H,59,68)(H,60,69)(H,61,70)(H,62,71)(H,72,73)/t29-,30-/m0/s1. The van der Waals surface area contributed by atoms with Crippen molar-refractivity contribution >= 4 is 59.1 Å². The molecule has 0 aromatic carbocycles. The summed E-state index contributed by atoms with van der Waals surface area (Å²) in [5.74, 6) is -7.68. The van der Waals surface area contributed by atoms with Gasteiger partial charge in [0.2, 0.25) is 53.2 Å². The third-order valence-corrected chi connectivity index (χ3v) is 13.2. The van der Waals surface area contributed by atoms with Crippen molar-refractivity contribution in [1.82, 2.24) is 58.5 Å². The van der Waals surface area contributed by atoms with E-state index in [9.17, 15) is 53.1 Å². The van der Waals surface area contributed by atoms with Crippen LogP contribution in [-0.4, -0.2) is 160 Å². The maximum absolute atomic E-state index is 14.4. The number of aliphatic carboxylic acids is 1. The number of piperidine rings is 2.